The fraction of sp³-hybridized carbons (Fsp3) is 0.375. The zero-order chi connectivity index (χ0) is 18.0. The van der Waals surface area contributed by atoms with Crippen molar-refractivity contribution in [2.24, 2.45) is 0 Å². The number of hydrogen-bond donors (Lipinski definition) is 2. The lowest BCUT2D eigenvalue weighted by Crippen LogP contribution is -2.60. The van der Waals surface area contributed by atoms with Crippen LogP contribution in [-0.2, 0) is 19.1 Å². The average Bonchev–Trinajstić information content (AvgIpc) is 2.70. The summed E-state index contributed by atoms with van der Waals surface area (Å²) in [6.07, 6.45) is 0. The predicted octanol–water partition coefficient (Wildman–Crippen LogP) is -0.607. The maximum atomic E-state index is 12.7. The van der Waals surface area contributed by atoms with Gasteiger partial charge in [-0.05, 0) is 12.1 Å². The number of piperazine rings is 1. The van der Waals surface area contributed by atoms with Gasteiger partial charge in [-0.3, -0.25) is 14.4 Å². The van der Waals surface area contributed by atoms with Crippen LogP contribution < -0.4 is 5.32 Å². The number of hydrogen-bond acceptors (Lipinski definition) is 5. The minimum atomic E-state index is -1.16. The molecular formula is C16H17N3O6. The molecule has 9 nitrogen and oxygen atoms in total. The van der Waals surface area contributed by atoms with Crippen LogP contribution in [-0.4, -0.2) is 77.5 Å². The van der Waals surface area contributed by atoms with Crippen molar-refractivity contribution in [2.45, 2.75) is 6.04 Å². The molecule has 1 saturated heterocycles. The highest BCUT2D eigenvalue weighted by Crippen LogP contribution is 2.25. The molecule has 3 rings (SSSR count). The van der Waals surface area contributed by atoms with Crippen LogP contribution >= 0.6 is 0 Å². The first-order valence-electron chi connectivity index (χ1n) is 7.75. The number of nitrogens with one attached hydrogen (secondary N) is 1. The third kappa shape index (κ3) is 3.45. The molecule has 0 spiro atoms. The van der Waals surface area contributed by atoms with E-state index < -0.39 is 24.5 Å². The average molecular weight is 347 g/mol. The molecule has 0 bridgehead atoms. The Morgan fingerprint density at radius 3 is 2.72 bits per heavy atom. The summed E-state index contributed by atoms with van der Waals surface area (Å²) < 4.78 is 4.80. The molecule has 132 valence electrons. The number of benzene rings is 1. The number of carbonyl (C=O) groups excluding carboxylic acids is 3. The number of rotatable bonds is 4. The fourth-order valence-electron chi connectivity index (χ4n) is 2.94. The van der Waals surface area contributed by atoms with Gasteiger partial charge in [0, 0.05) is 13.1 Å². The number of nitrogens with zero attached hydrogens (tertiary/aromatic N) is 2. The first-order chi connectivity index (χ1) is 12.0. The Kier molecular flexibility index (Phi) is 4.66. The van der Waals surface area contributed by atoms with E-state index in [1.165, 1.54) is 9.80 Å². The van der Waals surface area contributed by atoms with Gasteiger partial charge in [0.1, 0.15) is 19.3 Å². The lowest BCUT2D eigenvalue weighted by molar-refractivity contribution is -0.147. The van der Waals surface area contributed by atoms with Crippen molar-refractivity contribution >= 4 is 29.4 Å². The van der Waals surface area contributed by atoms with Gasteiger partial charge in [0.25, 0.3) is 5.91 Å². The van der Waals surface area contributed by atoms with E-state index in [0.717, 1.165) is 0 Å². The predicted molar refractivity (Wildman–Crippen MR) is 84.9 cm³/mol. The van der Waals surface area contributed by atoms with Crippen LogP contribution in [0.25, 0.3) is 0 Å². The van der Waals surface area contributed by atoms with Gasteiger partial charge in [-0.2, -0.15) is 0 Å². The Hall–Kier alpha value is -2.94. The summed E-state index contributed by atoms with van der Waals surface area (Å²) in [6, 6.07) is 5.97. The number of para-hydroxylation sites is 1. The minimum Gasteiger partial charge on any atom is -0.480 e. The molecule has 2 N–H and O–H groups in total. The van der Waals surface area contributed by atoms with Crippen LogP contribution in [0.2, 0.25) is 0 Å². The molecule has 1 atom stereocenters. The first kappa shape index (κ1) is 16.9. The van der Waals surface area contributed by atoms with Crippen LogP contribution in [0.3, 0.4) is 0 Å². The SMILES string of the molecule is O=C(O)COCC(=O)N1CCN2C(=O)c3ccccc3NC(=O)[C@@H]2C1. The van der Waals surface area contributed by atoms with Crippen molar-refractivity contribution < 1.29 is 29.0 Å². The smallest absolute Gasteiger partial charge is 0.329 e. The molecule has 1 aromatic rings. The van der Waals surface area contributed by atoms with Crippen molar-refractivity contribution in [1.29, 1.82) is 0 Å². The van der Waals surface area contributed by atoms with E-state index in [4.69, 9.17) is 9.84 Å². The summed E-state index contributed by atoms with van der Waals surface area (Å²) in [4.78, 5) is 50.6. The number of carbonyl (C=O) groups is 4. The second-order valence-corrected chi connectivity index (χ2v) is 5.78. The number of fused-ring (bicyclic) bond motifs is 2. The standard InChI is InChI=1S/C16H17N3O6/c20-13(8-25-9-14(21)22)18-5-6-19-12(7-18)15(23)17-11-4-2-1-3-10(11)16(19)24/h1-4,12H,5-9H2,(H,17,23)(H,21,22)/t12-/m0/s1. The molecule has 0 unspecified atom stereocenters. The highest BCUT2D eigenvalue weighted by molar-refractivity contribution is 6.10. The Bertz CT molecular complexity index is 734. The highest BCUT2D eigenvalue weighted by atomic mass is 16.5. The van der Waals surface area contributed by atoms with Gasteiger partial charge < -0.3 is 25.0 Å². The minimum absolute atomic E-state index is 0.0425. The van der Waals surface area contributed by atoms with E-state index in [2.05, 4.69) is 5.32 Å². The van der Waals surface area contributed by atoms with Crippen molar-refractivity contribution in [3.05, 3.63) is 29.8 Å². The van der Waals surface area contributed by atoms with Gasteiger partial charge in [0.15, 0.2) is 0 Å². The van der Waals surface area contributed by atoms with Crippen LogP contribution in [0.5, 0.6) is 0 Å². The van der Waals surface area contributed by atoms with Crippen LogP contribution in [0.4, 0.5) is 5.69 Å². The topological polar surface area (TPSA) is 116 Å². The van der Waals surface area contributed by atoms with E-state index in [9.17, 15) is 19.2 Å². The molecule has 9 heteroatoms. The van der Waals surface area contributed by atoms with E-state index in [0.29, 0.717) is 11.3 Å². The van der Waals surface area contributed by atoms with Gasteiger partial charge in [-0.1, -0.05) is 12.1 Å². The maximum absolute atomic E-state index is 12.7. The summed E-state index contributed by atoms with van der Waals surface area (Å²) in [5.41, 5.74) is 0.873. The Morgan fingerprint density at radius 1 is 1.20 bits per heavy atom. The van der Waals surface area contributed by atoms with E-state index in [-0.39, 0.29) is 38.1 Å². The van der Waals surface area contributed by atoms with Gasteiger partial charge >= 0.3 is 5.97 Å². The first-order valence-corrected chi connectivity index (χ1v) is 7.75. The summed E-state index contributed by atoms with van der Waals surface area (Å²) in [5, 5.41) is 11.2. The molecule has 25 heavy (non-hydrogen) atoms. The summed E-state index contributed by atoms with van der Waals surface area (Å²) in [5.74, 6) is -2.19. The van der Waals surface area contributed by atoms with Gasteiger partial charge in [-0.25, -0.2) is 4.79 Å². The van der Waals surface area contributed by atoms with E-state index in [1.807, 2.05) is 0 Å². The molecular weight excluding hydrogens is 330 g/mol. The van der Waals surface area contributed by atoms with Crippen LogP contribution in [0.1, 0.15) is 10.4 Å². The number of carboxylic acid groups (broad SMARTS) is 1. The normalized spacial score (nSPS) is 19.6. The summed E-state index contributed by atoms with van der Waals surface area (Å²) in [7, 11) is 0. The number of anilines is 1. The third-order valence-electron chi connectivity index (χ3n) is 4.16. The lowest BCUT2D eigenvalue weighted by atomic mass is 10.1. The zero-order valence-electron chi connectivity index (χ0n) is 13.3. The summed E-state index contributed by atoms with van der Waals surface area (Å²) in [6.45, 7) is -0.429. The molecule has 3 amide bonds. The molecule has 2 heterocycles. The Morgan fingerprint density at radius 2 is 1.96 bits per heavy atom. The number of ether oxygens (including phenoxy) is 1. The van der Waals surface area contributed by atoms with E-state index >= 15 is 0 Å². The summed E-state index contributed by atoms with van der Waals surface area (Å²) >= 11 is 0. The van der Waals surface area contributed by atoms with E-state index in [1.54, 1.807) is 24.3 Å². The molecule has 0 aromatic heterocycles. The maximum Gasteiger partial charge on any atom is 0.329 e. The number of amides is 3. The molecule has 0 radical (unpaired) electrons. The molecule has 0 saturated carbocycles. The largest absolute Gasteiger partial charge is 0.480 e. The lowest BCUT2D eigenvalue weighted by Gasteiger charge is -2.39. The van der Waals surface area contributed by atoms with Gasteiger partial charge in [-0.15, -0.1) is 0 Å². The fourth-order valence-corrected chi connectivity index (χ4v) is 2.94. The molecule has 2 aliphatic rings. The van der Waals surface area contributed by atoms with Gasteiger partial charge in [0.2, 0.25) is 11.8 Å². The monoisotopic (exact) mass is 347 g/mol. The van der Waals surface area contributed by atoms with Crippen LogP contribution in [0.15, 0.2) is 24.3 Å². The Balaban J connectivity index is 1.71. The molecule has 1 aromatic carbocycles. The van der Waals surface area contributed by atoms with Crippen molar-refractivity contribution in [3.8, 4) is 0 Å². The van der Waals surface area contributed by atoms with Crippen molar-refractivity contribution in [2.75, 3.05) is 38.2 Å². The molecule has 2 aliphatic heterocycles. The van der Waals surface area contributed by atoms with Crippen molar-refractivity contribution in [3.63, 3.8) is 0 Å². The third-order valence-corrected chi connectivity index (χ3v) is 4.16. The molecule has 0 aliphatic carbocycles. The molecule has 1 fully saturated rings. The zero-order valence-corrected chi connectivity index (χ0v) is 13.3. The Labute approximate surface area is 143 Å². The second kappa shape index (κ2) is 6.89. The number of carboxylic acids is 1. The van der Waals surface area contributed by atoms with Crippen molar-refractivity contribution in [1.82, 2.24) is 9.80 Å². The quantitative estimate of drug-likeness (QED) is 0.751. The second-order valence-electron chi connectivity index (χ2n) is 5.78. The van der Waals surface area contributed by atoms with Crippen LogP contribution in [0, 0.1) is 0 Å². The highest BCUT2D eigenvalue weighted by Gasteiger charge is 2.40. The number of aliphatic carboxylic acids is 1. The van der Waals surface area contributed by atoms with Gasteiger partial charge in [0.05, 0.1) is 17.8 Å².